The van der Waals surface area contributed by atoms with Gasteiger partial charge in [-0.05, 0) is 21.3 Å². The van der Waals surface area contributed by atoms with Crippen molar-refractivity contribution in [3.05, 3.63) is 38.2 Å². The molecule has 0 saturated heterocycles. The van der Waals surface area contributed by atoms with E-state index in [4.69, 9.17) is 27.0 Å². The Kier molecular flexibility index (Phi) is 3.33. The molecule has 1 N–H and O–H groups in total. The van der Waals surface area contributed by atoms with Crippen LogP contribution in [0.4, 0.5) is 0 Å². The number of azide groups is 2. The lowest BCUT2D eigenvalue weighted by Crippen LogP contribution is -2.24. The number of nitriles is 2. The van der Waals surface area contributed by atoms with Gasteiger partial charge in [0.05, 0.1) is 0 Å². The summed E-state index contributed by atoms with van der Waals surface area (Å²) in [6.45, 7) is 0. The van der Waals surface area contributed by atoms with Gasteiger partial charge < -0.3 is 0 Å². The third-order valence-electron chi connectivity index (χ3n) is 1.66. The van der Waals surface area contributed by atoms with Gasteiger partial charge in [0.25, 0.3) is 5.71 Å². The van der Waals surface area contributed by atoms with Gasteiger partial charge in [0.1, 0.15) is 0 Å². The van der Waals surface area contributed by atoms with Gasteiger partial charge in [0, 0.05) is 9.82 Å². The summed E-state index contributed by atoms with van der Waals surface area (Å²) in [5.41, 5.74) is 15.7. The lowest BCUT2D eigenvalue weighted by Gasteiger charge is -2.04. The monoisotopic (exact) mass is 225 g/mol. The fourth-order valence-corrected chi connectivity index (χ4v) is 1.00. The molecule has 78 valence electrons. The van der Waals surface area contributed by atoms with Crippen LogP contribution in [0.25, 0.3) is 20.9 Å². The van der Waals surface area contributed by atoms with Crippen LogP contribution in [0, 0.1) is 34.0 Å². The van der Waals surface area contributed by atoms with Crippen molar-refractivity contribution in [3.8, 4) is 12.1 Å². The van der Waals surface area contributed by atoms with E-state index in [2.05, 4.69) is 25.0 Å². The van der Waals surface area contributed by atoms with Crippen molar-refractivity contribution in [2.45, 2.75) is 0 Å². The summed E-state index contributed by atoms with van der Waals surface area (Å²) in [5.74, 6) is -1.15. The summed E-state index contributed by atoms with van der Waals surface area (Å²) in [7, 11) is 0. The molecule has 0 amide bonds. The fraction of sp³-hybridized carbons (Fsp3) is 0. The Morgan fingerprint density at radius 2 is 1.94 bits per heavy atom. The highest BCUT2D eigenvalue weighted by Crippen LogP contribution is 2.23. The van der Waals surface area contributed by atoms with Crippen LogP contribution < -0.4 is 0 Å². The second kappa shape index (κ2) is 4.87. The zero-order valence-electron chi connectivity index (χ0n) is 8.02. The molecule has 1 aliphatic rings. The average Bonchev–Trinajstić information content (AvgIpc) is 2.30. The van der Waals surface area contributed by atoms with Crippen molar-refractivity contribution in [2.24, 2.45) is 15.2 Å². The molecular formula is C7HN10+. The van der Waals surface area contributed by atoms with Gasteiger partial charge in [-0.15, -0.1) is 0 Å². The van der Waals surface area contributed by atoms with Crippen LogP contribution in [0.2, 0.25) is 0 Å². The maximum atomic E-state index is 8.76. The van der Waals surface area contributed by atoms with Crippen molar-refractivity contribution in [3.63, 3.8) is 0 Å². The Morgan fingerprint density at radius 1 is 1.29 bits per heavy atom. The number of allylic oxidation sites excluding steroid dienone is 1. The first kappa shape index (κ1) is 11.6. The van der Waals surface area contributed by atoms with E-state index in [0.717, 1.165) is 0 Å². The third-order valence-corrected chi connectivity index (χ3v) is 1.66. The highest BCUT2D eigenvalue weighted by molar-refractivity contribution is 6.30. The molecular weight excluding hydrogens is 224 g/mol. The number of rotatable bonds is 1. The Hall–Kier alpha value is -3.45. The average molecular weight is 225 g/mol. The predicted octanol–water partition coefficient (Wildman–Crippen LogP) is 1.87. The highest BCUT2D eigenvalue weighted by Gasteiger charge is 2.41. The molecule has 0 spiro atoms. The summed E-state index contributed by atoms with van der Waals surface area (Å²) in [6.07, 6.45) is 0. The minimum Gasteiger partial charge on any atom is -0.260 e. The molecule has 0 aliphatic carbocycles. The first-order valence-corrected chi connectivity index (χ1v) is 3.89. The molecule has 0 radical (unpaired) electrons. The van der Waals surface area contributed by atoms with Crippen molar-refractivity contribution in [2.75, 3.05) is 0 Å². The maximum Gasteiger partial charge on any atom is 0.260 e. The molecule has 17 heavy (non-hydrogen) atoms. The minimum absolute atomic E-state index is 0.351. The van der Waals surface area contributed by atoms with Crippen LogP contribution in [0.5, 0.6) is 0 Å². The summed E-state index contributed by atoms with van der Waals surface area (Å²) < 4.78 is 0. The molecule has 1 aliphatic heterocycles. The van der Waals surface area contributed by atoms with Gasteiger partial charge in [0.2, 0.25) is 35.3 Å². The SMILES string of the molecule is N#CC1=C(N=[N+]=[N-])N=C(N=[N+]=[N-])[C+](C#N)C1=N. The fourth-order valence-electron chi connectivity index (χ4n) is 1.00. The predicted molar refractivity (Wildman–Crippen MR) is 54.9 cm³/mol. The molecule has 0 bridgehead atoms. The molecule has 0 fully saturated rings. The molecule has 0 aromatic rings. The smallest absolute Gasteiger partial charge is 0.260 e. The molecule has 1 rings (SSSR count). The Balaban J connectivity index is 3.53. The lowest BCUT2D eigenvalue weighted by atomic mass is 9.95. The second-order valence-electron chi connectivity index (χ2n) is 2.49. The van der Waals surface area contributed by atoms with E-state index in [-0.39, 0.29) is 11.5 Å². The van der Waals surface area contributed by atoms with Crippen LogP contribution in [-0.2, 0) is 0 Å². The first-order valence-electron chi connectivity index (χ1n) is 3.89. The van der Waals surface area contributed by atoms with Crippen LogP contribution in [0.1, 0.15) is 0 Å². The standard InChI is InChI=1S/C7HN10/c8-1-3-5(10)4(2-9)7(15-17-12)13-6(3)14-16-11/h10H/q+1. The van der Waals surface area contributed by atoms with Crippen molar-refractivity contribution in [1.82, 2.24) is 0 Å². The van der Waals surface area contributed by atoms with Gasteiger partial charge in [0.15, 0.2) is 0 Å². The molecule has 10 nitrogen and oxygen atoms in total. The van der Waals surface area contributed by atoms with Crippen LogP contribution in [-0.4, -0.2) is 11.5 Å². The molecule has 0 unspecified atom stereocenters. The second-order valence-corrected chi connectivity index (χ2v) is 2.49. The number of amidine groups is 1. The Labute approximate surface area is 93.9 Å². The van der Waals surface area contributed by atoms with Gasteiger partial charge >= 0.3 is 0 Å². The molecule has 0 aromatic heterocycles. The van der Waals surface area contributed by atoms with Crippen molar-refractivity contribution in [1.29, 1.82) is 15.9 Å². The largest absolute Gasteiger partial charge is 0.260 e. The van der Waals surface area contributed by atoms with E-state index in [1.807, 2.05) is 0 Å². The summed E-state index contributed by atoms with van der Waals surface area (Å²) >= 11 is 0. The van der Waals surface area contributed by atoms with E-state index in [9.17, 15) is 0 Å². The maximum absolute atomic E-state index is 8.76. The molecule has 10 heteroatoms. The highest BCUT2D eigenvalue weighted by atomic mass is 15.2. The number of hydrogen-bond donors (Lipinski definition) is 1. The summed E-state index contributed by atoms with van der Waals surface area (Å²) in [5, 5.41) is 31.2. The van der Waals surface area contributed by atoms with Crippen LogP contribution >= 0.6 is 0 Å². The van der Waals surface area contributed by atoms with Gasteiger partial charge in [-0.2, -0.15) is 15.5 Å². The van der Waals surface area contributed by atoms with E-state index in [0.29, 0.717) is 0 Å². The molecule has 0 atom stereocenters. The van der Waals surface area contributed by atoms with E-state index >= 15 is 0 Å². The number of aliphatic imine (C=N–C) groups is 1. The van der Waals surface area contributed by atoms with Gasteiger partial charge in [-0.3, -0.25) is 5.41 Å². The van der Waals surface area contributed by atoms with E-state index in [1.165, 1.54) is 0 Å². The van der Waals surface area contributed by atoms with E-state index in [1.54, 1.807) is 12.1 Å². The Morgan fingerprint density at radius 3 is 2.41 bits per heavy atom. The molecule has 0 aromatic carbocycles. The van der Waals surface area contributed by atoms with E-state index < -0.39 is 17.4 Å². The summed E-state index contributed by atoms with van der Waals surface area (Å²) in [4.78, 5) is 8.39. The molecule has 1 heterocycles. The van der Waals surface area contributed by atoms with Crippen molar-refractivity contribution >= 4 is 11.5 Å². The Bertz CT molecular complexity index is 610. The number of hydrogen-bond acceptors (Lipinski definition) is 6. The van der Waals surface area contributed by atoms with Gasteiger partial charge in [-0.1, -0.05) is 0 Å². The normalized spacial score (nSPS) is 13.9. The number of nitrogens with one attached hydrogen (secondary N) is 1. The zero-order valence-corrected chi connectivity index (χ0v) is 8.02. The van der Waals surface area contributed by atoms with Crippen LogP contribution in [0.3, 0.4) is 0 Å². The third kappa shape index (κ3) is 1.98. The first-order chi connectivity index (χ1) is 8.19. The number of nitrogens with zero attached hydrogens (tertiary/aromatic N) is 9. The topological polar surface area (TPSA) is 181 Å². The van der Waals surface area contributed by atoms with Crippen LogP contribution in [0.15, 0.2) is 26.6 Å². The summed E-state index contributed by atoms with van der Waals surface area (Å²) in [6, 6.07) is 3.18. The van der Waals surface area contributed by atoms with Crippen molar-refractivity contribution < 1.29 is 0 Å². The van der Waals surface area contributed by atoms with Gasteiger partial charge in [-0.25, -0.2) is 0 Å². The lowest BCUT2D eigenvalue weighted by molar-refractivity contribution is 1.15. The zero-order chi connectivity index (χ0) is 12.8. The quantitative estimate of drug-likeness (QED) is 0.309. The molecule has 0 saturated carbocycles. The minimum atomic E-state index is -0.491.